The molecule has 2 aromatic carbocycles. The molecule has 2 rings (SSSR count). The third kappa shape index (κ3) is 4.15. The van der Waals surface area contributed by atoms with E-state index in [2.05, 4.69) is 17.9 Å². The summed E-state index contributed by atoms with van der Waals surface area (Å²) in [4.78, 5) is 0. The Balaban J connectivity index is 0.000000606. The van der Waals surface area contributed by atoms with Gasteiger partial charge in [-0.25, -0.2) is 0 Å². The van der Waals surface area contributed by atoms with Crippen LogP contribution in [0.15, 0.2) is 60.7 Å². The summed E-state index contributed by atoms with van der Waals surface area (Å²) in [6.45, 7) is 0.630. The van der Waals surface area contributed by atoms with Crippen LogP contribution < -0.4 is 10.5 Å². The molecule has 0 aliphatic heterocycles. The lowest BCUT2D eigenvalue weighted by molar-refractivity contribution is 0.306. The summed E-state index contributed by atoms with van der Waals surface area (Å²) < 4.78 is 5.59. The lowest BCUT2D eigenvalue weighted by Gasteiger charge is -2.05. The van der Waals surface area contributed by atoms with Gasteiger partial charge in [-0.2, -0.15) is 0 Å². The summed E-state index contributed by atoms with van der Waals surface area (Å²) >= 11 is 0. The van der Waals surface area contributed by atoms with E-state index in [9.17, 15) is 0 Å². The van der Waals surface area contributed by atoms with Gasteiger partial charge < -0.3 is 10.5 Å². The van der Waals surface area contributed by atoms with Crippen LogP contribution in [0.4, 0.5) is 0 Å². The van der Waals surface area contributed by atoms with E-state index in [0.717, 1.165) is 5.75 Å². The van der Waals surface area contributed by atoms with E-state index in [0.29, 0.717) is 6.61 Å². The summed E-state index contributed by atoms with van der Waals surface area (Å²) in [5.41, 5.74) is 5.69. The number of ether oxygens (including phenoxy) is 1. The zero-order valence-electron chi connectivity index (χ0n) is 9.47. The van der Waals surface area contributed by atoms with Crippen molar-refractivity contribution in [1.29, 1.82) is 0 Å². The molecule has 2 nitrogen and oxygen atoms in total. The Morgan fingerprint density at radius 1 is 0.812 bits per heavy atom. The quantitative estimate of drug-likeness (QED) is 0.854. The first kappa shape index (κ1) is 12.3. The molecule has 0 spiro atoms. The molecule has 0 aliphatic carbocycles. The number of hydrogen-bond acceptors (Lipinski definition) is 2. The van der Waals surface area contributed by atoms with E-state index in [-0.39, 0.29) is 0 Å². The topological polar surface area (TPSA) is 35.2 Å². The molecular formula is C14H17NO. The highest BCUT2D eigenvalue weighted by Crippen LogP contribution is 2.10. The molecule has 0 unspecified atom stereocenters. The summed E-state index contributed by atoms with van der Waals surface area (Å²) in [6, 6.07) is 20.0. The van der Waals surface area contributed by atoms with E-state index in [1.807, 2.05) is 48.5 Å². The fraction of sp³-hybridized carbons (Fsp3) is 0.143. The van der Waals surface area contributed by atoms with Crippen LogP contribution in [0.1, 0.15) is 5.56 Å². The summed E-state index contributed by atoms with van der Waals surface area (Å²) in [6.07, 6.45) is 0. The van der Waals surface area contributed by atoms with Gasteiger partial charge in [-0.1, -0.05) is 48.5 Å². The Kier molecular flexibility index (Phi) is 5.74. The number of rotatable bonds is 3. The monoisotopic (exact) mass is 215 g/mol. The van der Waals surface area contributed by atoms with E-state index in [1.165, 1.54) is 12.6 Å². The van der Waals surface area contributed by atoms with E-state index in [4.69, 9.17) is 4.74 Å². The molecule has 0 saturated heterocycles. The summed E-state index contributed by atoms with van der Waals surface area (Å²) in [7, 11) is 1.50. The average molecular weight is 215 g/mol. The van der Waals surface area contributed by atoms with Gasteiger partial charge in [0, 0.05) is 0 Å². The predicted molar refractivity (Wildman–Crippen MR) is 67.3 cm³/mol. The molecule has 0 amide bonds. The molecule has 0 fully saturated rings. The van der Waals surface area contributed by atoms with Crippen molar-refractivity contribution in [2.75, 3.05) is 7.05 Å². The minimum absolute atomic E-state index is 0.630. The highest BCUT2D eigenvalue weighted by atomic mass is 16.5. The van der Waals surface area contributed by atoms with Gasteiger partial charge in [0.1, 0.15) is 12.4 Å². The Hall–Kier alpha value is -1.80. The van der Waals surface area contributed by atoms with Gasteiger partial charge in [-0.3, -0.25) is 0 Å². The maximum Gasteiger partial charge on any atom is 0.119 e. The van der Waals surface area contributed by atoms with Gasteiger partial charge >= 0.3 is 0 Å². The minimum Gasteiger partial charge on any atom is -0.489 e. The molecule has 16 heavy (non-hydrogen) atoms. The first-order valence-corrected chi connectivity index (χ1v) is 5.25. The first-order chi connectivity index (χ1) is 7.95. The summed E-state index contributed by atoms with van der Waals surface area (Å²) in [5.74, 6) is 0.913. The molecule has 84 valence electrons. The van der Waals surface area contributed by atoms with Crippen LogP contribution in [0.3, 0.4) is 0 Å². The average Bonchev–Trinajstić information content (AvgIpc) is 2.41. The smallest absolute Gasteiger partial charge is 0.119 e. The van der Waals surface area contributed by atoms with Crippen molar-refractivity contribution in [2.24, 2.45) is 5.73 Å². The fourth-order valence-corrected chi connectivity index (χ4v) is 1.26. The number of para-hydroxylation sites is 1. The van der Waals surface area contributed by atoms with Gasteiger partial charge in [0.25, 0.3) is 0 Å². The largest absolute Gasteiger partial charge is 0.489 e. The normalized spacial score (nSPS) is 8.88. The van der Waals surface area contributed by atoms with Crippen molar-refractivity contribution in [1.82, 2.24) is 0 Å². The maximum absolute atomic E-state index is 5.59. The molecule has 2 aromatic rings. The van der Waals surface area contributed by atoms with Gasteiger partial charge in [0.2, 0.25) is 0 Å². The number of nitrogens with two attached hydrogens (primary N) is 1. The first-order valence-electron chi connectivity index (χ1n) is 5.25. The second-order valence-electron chi connectivity index (χ2n) is 3.09. The third-order valence-corrected chi connectivity index (χ3v) is 1.99. The highest BCUT2D eigenvalue weighted by molar-refractivity contribution is 5.22. The Morgan fingerprint density at radius 3 is 1.88 bits per heavy atom. The molecule has 0 bridgehead atoms. The van der Waals surface area contributed by atoms with Crippen LogP contribution >= 0.6 is 0 Å². The Morgan fingerprint density at radius 2 is 1.31 bits per heavy atom. The molecule has 0 aromatic heterocycles. The molecule has 0 saturated carbocycles. The van der Waals surface area contributed by atoms with Crippen LogP contribution in [-0.2, 0) is 6.61 Å². The lowest BCUT2D eigenvalue weighted by atomic mass is 10.2. The van der Waals surface area contributed by atoms with Crippen molar-refractivity contribution in [3.05, 3.63) is 66.2 Å². The van der Waals surface area contributed by atoms with Crippen LogP contribution in [0, 0.1) is 0 Å². The van der Waals surface area contributed by atoms with Crippen molar-refractivity contribution in [3.8, 4) is 5.75 Å². The molecule has 2 heteroatoms. The number of hydrogen-bond donors (Lipinski definition) is 1. The zero-order valence-corrected chi connectivity index (χ0v) is 9.47. The second kappa shape index (κ2) is 7.49. The molecule has 0 radical (unpaired) electrons. The Bertz CT molecular complexity index is 333. The molecular weight excluding hydrogens is 198 g/mol. The zero-order chi connectivity index (χ0) is 11.6. The van der Waals surface area contributed by atoms with Gasteiger partial charge in [0.05, 0.1) is 0 Å². The summed E-state index contributed by atoms with van der Waals surface area (Å²) in [5, 5.41) is 0. The van der Waals surface area contributed by atoms with E-state index in [1.54, 1.807) is 0 Å². The van der Waals surface area contributed by atoms with E-state index >= 15 is 0 Å². The lowest BCUT2D eigenvalue weighted by Crippen LogP contribution is -1.94. The second-order valence-corrected chi connectivity index (χ2v) is 3.09. The highest BCUT2D eigenvalue weighted by Gasteiger charge is 1.92. The van der Waals surface area contributed by atoms with Gasteiger partial charge in [-0.15, -0.1) is 0 Å². The van der Waals surface area contributed by atoms with Crippen molar-refractivity contribution < 1.29 is 4.74 Å². The fourth-order valence-electron chi connectivity index (χ4n) is 1.26. The molecule has 0 aliphatic rings. The van der Waals surface area contributed by atoms with Crippen LogP contribution in [-0.4, -0.2) is 7.05 Å². The predicted octanol–water partition coefficient (Wildman–Crippen LogP) is 2.84. The number of benzene rings is 2. The Labute approximate surface area is 96.7 Å². The van der Waals surface area contributed by atoms with Gasteiger partial charge in [-0.05, 0) is 24.7 Å². The van der Waals surface area contributed by atoms with Crippen LogP contribution in [0.25, 0.3) is 0 Å². The van der Waals surface area contributed by atoms with Gasteiger partial charge in [0.15, 0.2) is 0 Å². The van der Waals surface area contributed by atoms with Crippen molar-refractivity contribution in [2.45, 2.75) is 6.61 Å². The third-order valence-electron chi connectivity index (χ3n) is 1.99. The van der Waals surface area contributed by atoms with Crippen molar-refractivity contribution in [3.63, 3.8) is 0 Å². The molecule has 0 atom stereocenters. The minimum atomic E-state index is 0.630. The SMILES string of the molecule is CN.c1ccc(COc2ccccc2)cc1. The van der Waals surface area contributed by atoms with Crippen LogP contribution in [0.2, 0.25) is 0 Å². The van der Waals surface area contributed by atoms with Crippen molar-refractivity contribution >= 4 is 0 Å². The molecule has 2 N–H and O–H groups in total. The van der Waals surface area contributed by atoms with E-state index < -0.39 is 0 Å². The van der Waals surface area contributed by atoms with Crippen LogP contribution in [0.5, 0.6) is 5.75 Å². The maximum atomic E-state index is 5.59. The molecule has 0 heterocycles. The standard InChI is InChI=1S/C13H12O.CH5N/c1-3-7-12(8-4-1)11-14-13-9-5-2-6-10-13;1-2/h1-10H,11H2;2H2,1H3.